The fourth-order valence-electron chi connectivity index (χ4n) is 2.68. The van der Waals surface area contributed by atoms with Crippen molar-refractivity contribution in [1.82, 2.24) is 10.3 Å². The predicted octanol–water partition coefficient (Wildman–Crippen LogP) is 4.14. The Morgan fingerprint density at radius 3 is 2.32 bits per heavy atom. The number of pyridine rings is 1. The van der Waals surface area contributed by atoms with Crippen LogP contribution in [0.15, 0.2) is 73.1 Å². The standard InChI is InChI=1S/C22H22N2O4/c1-16(20-5-3-4-6-21(20)26-2)24-22(25)15-27-17-7-9-18(10-8-17)28-19-11-13-23-14-12-19/h3-14,16H,15H2,1-2H3,(H,24,25)/t16-/m0/s1. The molecule has 0 aliphatic rings. The zero-order chi connectivity index (χ0) is 19.8. The van der Waals surface area contributed by atoms with Crippen LogP contribution in [0.4, 0.5) is 0 Å². The van der Waals surface area contributed by atoms with Gasteiger partial charge in [-0.15, -0.1) is 0 Å². The number of rotatable bonds is 8. The van der Waals surface area contributed by atoms with Crippen LogP contribution < -0.4 is 19.5 Å². The Labute approximate surface area is 164 Å². The molecule has 0 fully saturated rings. The Morgan fingerprint density at radius 2 is 1.61 bits per heavy atom. The molecule has 1 aromatic heterocycles. The number of para-hydroxylation sites is 1. The lowest BCUT2D eigenvalue weighted by Crippen LogP contribution is -2.31. The Bertz CT molecular complexity index is 898. The van der Waals surface area contributed by atoms with Crippen LogP contribution >= 0.6 is 0 Å². The lowest BCUT2D eigenvalue weighted by atomic mass is 10.1. The van der Waals surface area contributed by atoms with Crippen molar-refractivity contribution in [3.63, 3.8) is 0 Å². The van der Waals surface area contributed by atoms with E-state index in [1.54, 1.807) is 55.9 Å². The van der Waals surface area contributed by atoms with Gasteiger partial charge in [0.15, 0.2) is 6.61 Å². The van der Waals surface area contributed by atoms with Gasteiger partial charge in [0.25, 0.3) is 5.91 Å². The first-order valence-electron chi connectivity index (χ1n) is 8.88. The molecule has 6 nitrogen and oxygen atoms in total. The topological polar surface area (TPSA) is 69.7 Å². The number of carbonyl (C=O) groups excluding carboxylic acids is 1. The normalized spacial score (nSPS) is 11.4. The second-order valence-electron chi connectivity index (χ2n) is 6.08. The van der Waals surface area contributed by atoms with Crippen LogP contribution in [0.25, 0.3) is 0 Å². The van der Waals surface area contributed by atoms with Crippen molar-refractivity contribution in [2.24, 2.45) is 0 Å². The van der Waals surface area contributed by atoms with Crippen molar-refractivity contribution in [2.75, 3.05) is 13.7 Å². The van der Waals surface area contributed by atoms with Gasteiger partial charge in [-0.05, 0) is 49.4 Å². The highest BCUT2D eigenvalue weighted by Gasteiger charge is 2.14. The number of nitrogens with zero attached hydrogens (tertiary/aromatic N) is 1. The Morgan fingerprint density at radius 1 is 0.964 bits per heavy atom. The van der Waals surface area contributed by atoms with Gasteiger partial charge in [-0.25, -0.2) is 0 Å². The van der Waals surface area contributed by atoms with E-state index in [2.05, 4.69) is 10.3 Å². The number of aromatic nitrogens is 1. The fraction of sp³-hybridized carbons (Fsp3) is 0.182. The molecular weight excluding hydrogens is 356 g/mol. The maximum atomic E-state index is 12.2. The molecule has 6 heteroatoms. The minimum atomic E-state index is -0.212. The first-order valence-corrected chi connectivity index (χ1v) is 8.88. The SMILES string of the molecule is COc1ccccc1[C@H](C)NC(=O)COc1ccc(Oc2ccncc2)cc1. The van der Waals surface area contributed by atoms with E-state index < -0.39 is 0 Å². The predicted molar refractivity (Wildman–Crippen MR) is 106 cm³/mol. The summed E-state index contributed by atoms with van der Waals surface area (Å²) in [4.78, 5) is 16.1. The van der Waals surface area contributed by atoms with Gasteiger partial charge in [-0.1, -0.05) is 18.2 Å². The molecule has 0 unspecified atom stereocenters. The smallest absolute Gasteiger partial charge is 0.258 e. The molecule has 0 aliphatic heterocycles. The van der Waals surface area contributed by atoms with Crippen molar-refractivity contribution in [2.45, 2.75) is 13.0 Å². The van der Waals surface area contributed by atoms with Crippen molar-refractivity contribution >= 4 is 5.91 Å². The molecule has 144 valence electrons. The van der Waals surface area contributed by atoms with Gasteiger partial charge in [-0.2, -0.15) is 0 Å². The molecule has 1 heterocycles. The van der Waals surface area contributed by atoms with Gasteiger partial charge in [0.05, 0.1) is 13.2 Å². The number of amides is 1. The van der Waals surface area contributed by atoms with Crippen molar-refractivity contribution in [3.05, 3.63) is 78.6 Å². The summed E-state index contributed by atoms with van der Waals surface area (Å²) in [6.07, 6.45) is 3.33. The quantitative estimate of drug-likeness (QED) is 0.638. The molecule has 0 spiro atoms. The number of hydrogen-bond donors (Lipinski definition) is 1. The van der Waals surface area contributed by atoms with Crippen molar-refractivity contribution < 1.29 is 19.0 Å². The molecule has 3 rings (SSSR count). The first-order chi connectivity index (χ1) is 13.7. The van der Waals surface area contributed by atoms with Crippen LogP contribution in [0.2, 0.25) is 0 Å². The van der Waals surface area contributed by atoms with Crippen LogP contribution in [0.5, 0.6) is 23.0 Å². The maximum Gasteiger partial charge on any atom is 0.258 e. The third-order valence-corrected chi connectivity index (χ3v) is 4.06. The van der Waals surface area contributed by atoms with Crippen LogP contribution in [0.3, 0.4) is 0 Å². The van der Waals surface area contributed by atoms with Crippen molar-refractivity contribution in [1.29, 1.82) is 0 Å². The minimum absolute atomic E-state index is 0.0793. The summed E-state index contributed by atoms with van der Waals surface area (Å²) < 4.78 is 16.6. The number of methoxy groups -OCH3 is 1. The highest BCUT2D eigenvalue weighted by molar-refractivity contribution is 5.78. The lowest BCUT2D eigenvalue weighted by molar-refractivity contribution is -0.123. The third kappa shape index (κ3) is 5.23. The summed E-state index contributed by atoms with van der Waals surface area (Å²) in [6.45, 7) is 1.82. The van der Waals surface area contributed by atoms with Gasteiger partial charge in [-0.3, -0.25) is 9.78 Å². The summed E-state index contributed by atoms with van der Waals surface area (Å²) in [5.41, 5.74) is 0.913. The molecule has 1 amide bonds. The Balaban J connectivity index is 1.50. The number of nitrogens with one attached hydrogen (secondary N) is 1. The summed E-state index contributed by atoms with van der Waals surface area (Å²) in [5.74, 6) is 2.49. The number of carbonyl (C=O) groups is 1. The minimum Gasteiger partial charge on any atom is -0.496 e. The second-order valence-corrected chi connectivity index (χ2v) is 6.08. The first kappa shape index (κ1) is 19.2. The Kier molecular flexibility index (Phi) is 6.46. The largest absolute Gasteiger partial charge is 0.496 e. The average molecular weight is 378 g/mol. The summed E-state index contributed by atoms with van der Waals surface area (Å²) in [7, 11) is 1.61. The van der Waals surface area contributed by atoms with Crippen molar-refractivity contribution in [3.8, 4) is 23.0 Å². The molecule has 1 atom stereocenters. The highest BCUT2D eigenvalue weighted by atomic mass is 16.5. The number of hydrogen-bond acceptors (Lipinski definition) is 5. The molecule has 1 N–H and O–H groups in total. The molecule has 0 saturated carbocycles. The molecule has 0 radical (unpaired) electrons. The zero-order valence-electron chi connectivity index (χ0n) is 15.8. The highest BCUT2D eigenvalue weighted by Crippen LogP contribution is 2.25. The number of ether oxygens (including phenoxy) is 3. The molecule has 0 aliphatic carbocycles. The summed E-state index contributed by atoms with van der Waals surface area (Å²) in [5, 5.41) is 2.91. The fourth-order valence-corrected chi connectivity index (χ4v) is 2.68. The van der Waals surface area contributed by atoms with Gasteiger partial charge in [0.1, 0.15) is 23.0 Å². The van der Waals surface area contributed by atoms with Crippen LogP contribution in [-0.4, -0.2) is 24.6 Å². The van der Waals surface area contributed by atoms with E-state index >= 15 is 0 Å². The van der Waals surface area contributed by atoms with E-state index in [1.165, 1.54) is 0 Å². The average Bonchev–Trinajstić information content (AvgIpc) is 2.74. The maximum absolute atomic E-state index is 12.2. The third-order valence-electron chi connectivity index (χ3n) is 4.06. The molecular formula is C22H22N2O4. The van der Waals surface area contributed by atoms with E-state index in [1.807, 2.05) is 31.2 Å². The Hall–Kier alpha value is -3.54. The van der Waals surface area contributed by atoms with Gasteiger partial charge in [0, 0.05) is 18.0 Å². The zero-order valence-corrected chi connectivity index (χ0v) is 15.8. The summed E-state index contributed by atoms with van der Waals surface area (Å²) in [6, 6.07) is 18.0. The molecule has 0 bridgehead atoms. The van der Waals surface area contributed by atoms with Crippen LogP contribution in [0.1, 0.15) is 18.5 Å². The lowest BCUT2D eigenvalue weighted by Gasteiger charge is -2.17. The monoisotopic (exact) mass is 378 g/mol. The van der Waals surface area contributed by atoms with E-state index in [4.69, 9.17) is 14.2 Å². The van der Waals surface area contributed by atoms with Crippen LogP contribution in [0, 0.1) is 0 Å². The van der Waals surface area contributed by atoms with Crippen LogP contribution in [-0.2, 0) is 4.79 Å². The van der Waals surface area contributed by atoms with Gasteiger partial charge in [0.2, 0.25) is 0 Å². The molecule has 2 aromatic carbocycles. The molecule has 3 aromatic rings. The van der Waals surface area contributed by atoms with E-state index in [-0.39, 0.29) is 18.6 Å². The van der Waals surface area contributed by atoms with E-state index in [0.29, 0.717) is 17.2 Å². The molecule has 0 saturated heterocycles. The van der Waals surface area contributed by atoms with E-state index in [0.717, 1.165) is 11.3 Å². The molecule has 28 heavy (non-hydrogen) atoms. The van der Waals surface area contributed by atoms with Gasteiger partial charge < -0.3 is 19.5 Å². The second kappa shape index (κ2) is 9.41. The number of benzene rings is 2. The van der Waals surface area contributed by atoms with E-state index in [9.17, 15) is 4.79 Å². The summed E-state index contributed by atoms with van der Waals surface area (Å²) >= 11 is 0. The van der Waals surface area contributed by atoms with Gasteiger partial charge >= 0.3 is 0 Å².